The number of hydrogen-bond acceptors (Lipinski definition) is 2. The monoisotopic (exact) mass is 266 g/mol. The van der Waals surface area contributed by atoms with Crippen LogP contribution in [0.25, 0.3) is 0 Å². The maximum atomic E-state index is 13.7. The Balaban J connectivity index is 3.07. The molecular weight excluding hydrogens is 251 g/mol. The Labute approximate surface area is 98.4 Å². The maximum Gasteiger partial charge on any atom is 0.401 e. The van der Waals surface area contributed by atoms with Crippen LogP contribution in [0.1, 0.15) is 19.4 Å². The smallest absolute Gasteiger partial charge is 0.320 e. The van der Waals surface area contributed by atoms with Crippen LogP contribution in [0.3, 0.4) is 0 Å². The molecule has 0 amide bonds. The molecule has 96 valence electrons. The highest BCUT2D eigenvalue weighted by Crippen LogP contribution is 2.62. The van der Waals surface area contributed by atoms with Crippen molar-refractivity contribution in [3.63, 3.8) is 0 Å². The van der Waals surface area contributed by atoms with E-state index < -0.39 is 18.8 Å². The minimum absolute atomic E-state index is 0.245. The molecule has 0 saturated carbocycles. The molecule has 17 heavy (non-hydrogen) atoms. The van der Waals surface area contributed by atoms with Crippen molar-refractivity contribution >= 4 is 7.60 Å². The summed E-state index contributed by atoms with van der Waals surface area (Å²) in [4.78, 5) is 9.20. The van der Waals surface area contributed by atoms with Gasteiger partial charge in [-0.3, -0.25) is 4.57 Å². The Morgan fingerprint density at radius 2 is 1.94 bits per heavy atom. The van der Waals surface area contributed by atoms with Gasteiger partial charge in [0.25, 0.3) is 0 Å². The van der Waals surface area contributed by atoms with E-state index in [9.17, 15) is 18.2 Å². The van der Waals surface area contributed by atoms with Gasteiger partial charge in [0.2, 0.25) is 0 Å². The first-order valence-electron chi connectivity index (χ1n) is 5.20. The summed E-state index contributed by atoms with van der Waals surface area (Å²) in [7, 11) is -4.98. The molecular formula is C10H15F2NO3P+. The Hall–Kier alpha value is -0.840. The number of nitrogens with zero attached hydrogens (tertiary/aromatic N) is 1. The van der Waals surface area contributed by atoms with Gasteiger partial charge in [-0.25, -0.2) is 4.57 Å². The Bertz CT molecular complexity index is 422. The number of alkyl halides is 2. The van der Waals surface area contributed by atoms with Crippen LogP contribution < -0.4 is 4.57 Å². The summed E-state index contributed by atoms with van der Waals surface area (Å²) in [5.74, 6) is 0. The Morgan fingerprint density at radius 3 is 2.35 bits per heavy atom. The van der Waals surface area contributed by atoms with Crippen LogP contribution in [0.5, 0.6) is 0 Å². The molecule has 0 aromatic carbocycles. The normalized spacial score (nSPS) is 15.6. The van der Waals surface area contributed by atoms with E-state index in [1.165, 1.54) is 19.3 Å². The van der Waals surface area contributed by atoms with Crippen LogP contribution in [-0.4, -0.2) is 11.5 Å². The molecule has 1 aromatic heterocycles. The van der Waals surface area contributed by atoms with Crippen molar-refractivity contribution in [3.05, 3.63) is 30.1 Å². The summed E-state index contributed by atoms with van der Waals surface area (Å²) in [6.45, 7) is 3.63. The quantitative estimate of drug-likeness (QED) is 0.657. The molecule has 0 bridgehead atoms. The number of rotatable bonds is 5. The first kappa shape index (κ1) is 14.2. The van der Waals surface area contributed by atoms with Gasteiger partial charge < -0.3 is 9.42 Å². The van der Waals surface area contributed by atoms with Crippen molar-refractivity contribution < 1.29 is 27.3 Å². The van der Waals surface area contributed by atoms with E-state index in [1.54, 1.807) is 4.57 Å². The lowest BCUT2D eigenvalue weighted by molar-refractivity contribution is -0.693. The zero-order valence-corrected chi connectivity index (χ0v) is 10.5. The van der Waals surface area contributed by atoms with E-state index >= 15 is 0 Å². The number of aryl methyl sites for hydroxylation is 1. The van der Waals surface area contributed by atoms with Gasteiger partial charge in [-0.15, -0.1) is 0 Å². The lowest BCUT2D eigenvalue weighted by atomic mass is 10.3. The van der Waals surface area contributed by atoms with Crippen LogP contribution in [0.2, 0.25) is 0 Å². The molecule has 0 aliphatic heterocycles. The van der Waals surface area contributed by atoms with Gasteiger partial charge in [0.1, 0.15) is 6.54 Å². The van der Waals surface area contributed by atoms with Crippen LogP contribution in [0.4, 0.5) is 8.78 Å². The second-order valence-electron chi connectivity index (χ2n) is 3.40. The van der Waals surface area contributed by atoms with Gasteiger partial charge in [-0.05, 0) is 13.8 Å². The van der Waals surface area contributed by atoms with E-state index in [0.717, 1.165) is 12.1 Å². The number of halogens is 2. The first-order chi connectivity index (χ1) is 7.85. The molecule has 1 atom stereocenters. The largest absolute Gasteiger partial charge is 0.401 e. The van der Waals surface area contributed by atoms with Gasteiger partial charge in [-0.2, -0.15) is 8.78 Å². The fourth-order valence-electron chi connectivity index (χ4n) is 1.29. The van der Waals surface area contributed by atoms with Crippen molar-refractivity contribution in [2.45, 2.75) is 26.1 Å². The van der Waals surface area contributed by atoms with Crippen LogP contribution in [-0.2, 0) is 21.3 Å². The van der Waals surface area contributed by atoms with E-state index in [1.807, 2.05) is 6.92 Å². The minimum Gasteiger partial charge on any atom is -0.320 e. The highest BCUT2D eigenvalue weighted by molar-refractivity contribution is 7.53. The molecule has 1 heterocycles. The average Bonchev–Trinajstić information content (AvgIpc) is 2.29. The Morgan fingerprint density at radius 1 is 1.41 bits per heavy atom. The van der Waals surface area contributed by atoms with Crippen LogP contribution >= 0.6 is 7.60 Å². The molecule has 0 fully saturated rings. The fourth-order valence-corrected chi connectivity index (χ4v) is 2.28. The van der Waals surface area contributed by atoms with E-state index in [0.29, 0.717) is 6.54 Å². The molecule has 0 aliphatic rings. The van der Waals surface area contributed by atoms with Crippen molar-refractivity contribution in [2.75, 3.05) is 6.61 Å². The SMILES string of the molecule is CCOP(=O)(O)C(F)(F)c1cc[n+](CC)cc1. The van der Waals surface area contributed by atoms with Crippen LogP contribution in [0, 0.1) is 0 Å². The third-order valence-electron chi connectivity index (χ3n) is 2.26. The van der Waals surface area contributed by atoms with Gasteiger partial charge >= 0.3 is 13.3 Å². The second-order valence-corrected chi connectivity index (χ2v) is 5.26. The van der Waals surface area contributed by atoms with Crippen molar-refractivity contribution in [3.8, 4) is 0 Å². The Kier molecular flexibility index (Phi) is 4.36. The van der Waals surface area contributed by atoms with E-state index in [4.69, 9.17) is 0 Å². The predicted molar refractivity (Wildman–Crippen MR) is 57.7 cm³/mol. The molecule has 1 rings (SSSR count). The standard InChI is InChI=1S/C10H14F2NO3P/c1-3-13-7-5-9(6-8-13)10(11,12)17(14,15)16-4-2/h5-8H,3-4H2,1-2H3/p+1. The molecule has 7 heteroatoms. The first-order valence-corrected chi connectivity index (χ1v) is 6.77. The zero-order chi connectivity index (χ0) is 13.1. The highest BCUT2D eigenvalue weighted by Gasteiger charge is 2.52. The second kappa shape index (κ2) is 5.21. The predicted octanol–water partition coefficient (Wildman–Crippen LogP) is 2.27. The molecule has 4 nitrogen and oxygen atoms in total. The van der Waals surface area contributed by atoms with Gasteiger partial charge in [0.15, 0.2) is 12.4 Å². The molecule has 1 unspecified atom stereocenters. The summed E-state index contributed by atoms with van der Waals surface area (Å²) in [6, 6.07) is 2.23. The van der Waals surface area contributed by atoms with E-state index in [2.05, 4.69) is 4.52 Å². The molecule has 1 N–H and O–H groups in total. The summed E-state index contributed by atoms with van der Waals surface area (Å²) >= 11 is 0. The lowest BCUT2D eigenvalue weighted by Crippen LogP contribution is -2.31. The molecule has 0 radical (unpaired) electrons. The van der Waals surface area contributed by atoms with Crippen molar-refractivity contribution in [2.24, 2.45) is 0 Å². The average molecular weight is 266 g/mol. The third kappa shape index (κ3) is 2.89. The summed E-state index contributed by atoms with van der Waals surface area (Å²) < 4.78 is 44.7. The molecule has 0 aliphatic carbocycles. The number of pyridine rings is 1. The van der Waals surface area contributed by atoms with Crippen molar-refractivity contribution in [1.29, 1.82) is 0 Å². The molecule has 1 aromatic rings. The summed E-state index contributed by atoms with van der Waals surface area (Å²) in [5.41, 5.74) is -4.42. The molecule has 0 spiro atoms. The van der Waals surface area contributed by atoms with Gasteiger partial charge in [-0.1, -0.05) is 0 Å². The minimum atomic E-state index is -4.98. The fraction of sp³-hybridized carbons (Fsp3) is 0.500. The summed E-state index contributed by atoms with van der Waals surface area (Å²) in [5, 5.41) is 0. The van der Waals surface area contributed by atoms with E-state index in [-0.39, 0.29) is 6.61 Å². The van der Waals surface area contributed by atoms with Crippen molar-refractivity contribution in [1.82, 2.24) is 0 Å². The van der Waals surface area contributed by atoms with Crippen LogP contribution in [0.15, 0.2) is 24.5 Å². The number of aromatic nitrogens is 1. The number of hydrogen-bond donors (Lipinski definition) is 1. The van der Waals surface area contributed by atoms with Gasteiger partial charge in [0, 0.05) is 17.7 Å². The zero-order valence-electron chi connectivity index (χ0n) is 9.64. The molecule has 0 saturated heterocycles. The summed E-state index contributed by atoms with van der Waals surface area (Å²) in [6.07, 6.45) is 2.85. The maximum absolute atomic E-state index is 13.7. The van der Waals surface area contributed by atoms with Gasteiger partial charge in [0.05, 0.1) is 6.61 Å². The third-order valence-corrected chi connectivity index (χ3v) is 3.84. The highest BCUT2D eigenvalue weighted by atomic mass is 31.2. The topological polar surface area (TPSA) is 50.4 Å². The lowest BCUT2D eigenvalue weighted by Gasteiger charge is -2.21.